The van der Waals surface area contributed by atoms with Crippen LogP contribution in [-0.2, 0) is 5.54 Å². The smallest absolute Gasteiger partial charge is 0.199 e. The number of aromatic amines is 1. The minimum absolute atomic E-state index is 0.0284. The van der Waals surface area contributed by atoms with Gasteiger partial charge in [0.1, 0.15) is 0 Å². The Labute approximate surface area is 185 Å². The van der Waals surface area contributed by atoms with Gasteiger partial charge in [0.25, 0.3) is 0 Å². The van der Waals surface area contributed by atoms with Gasteiger partial charge in [-0.15, -0.1) is 0 Å². The highest BCUT2D eigenvalue weighted by atomic mass is 35.5. The summed E-state index contributed by atoms with van der Waals surface area (Å²) in [7, 11) is 0. The summed E-state index contributed by atoms with van der Waals surface area (Å²) in [4.78, 5) is 7.87. The number of nitrogens with one attached hydrogen (secondary N) is 1. The van der Waals surface area contributed by atoms with Crippen molar-refractivity contribution < 1.29 is 5.11 Å². The highest BCUT2D eigenvalue weighted by molar-refractivity contribution is 6.32. The van der Waals surface area contributed by atoms with E-state index in [1.807, 2.05) is 56.3 Å². The van der Waals surface area contributed by atoms with Gasteiger partial charge in [-0.25, -0.2) is 4.99 Å². The van der Waals surface area contributed by atoms with Crippen molar-refractivity contribution >= 4 is 45.5 Å². The lowest BCUT2D eigenvalue weighted by Gasteiger charge is -2.19. The molecule has 0 aliphatic heterocycles. The number of fused-ring (bicyclic) bond motifs is 1. The Morgan fingerprint density at radius 3 is 2.20 bits per heavy atom. The number of aromatic nitrogens is 1. The molecule has 0 fully saturated rings. The van der Waals surface area contributed by atoms with Gasteiger partial charge in [0, 0.05) is 26.5 Å². The second-order valence-electron chi connectivity index (χ2n) is 7.77. The largest absolute Gasteiger partial charge is 0.494 e. The summed E-state index contributed by atoms with van der Waals surface area (Å²) in [6.07, 6.45) is 0. The highest BCUT2D eigenvalue weighted by Crippen LogP contribution is 2.33. The molecule has 6 heteroatoms. The van der Waals surface area contributed by atoms with Crippen LogP contribution < -0.4 is 5.73 Å². The zero-order chi connectivity index (χ0) is 21.5. The van der Waals surface area contributed by atoms with Gasteiger partial charge in [-0.2, -0.15) is 0 Å². The molecule has 0 saturated carbocycles. The van der Waals surface area contributed by atoms with Crippen LogP contribution in [0.5, 0.6) is 5.88 Å². The average molecular weight is 438 g/mol. The van der Waals surface area contributed by atoms with Crippen LogP contribution in [0, 0.1) is 0 Å². The van der Waals surface area contributed by atoms with E-state index in [1.54, 1.807) is 24.3 Å². The third-order valence-electron chi connectivity index (χ3n) is 4.95. The molecule has 0 spiro atoms. The van der Waals surface area contributed by atoms with E-state index in [9.17, 15) is 5.11 Å². The van der Waals surface area contributed by atoms with Crippen molar-refractivity contribution in [3.05, 3.63) is 93.5 Å². The first-order valence-electron chi connectivity index (χ1n) is 9.47. The lowest BCUT2D eigenvalue weighted by atomic mass is 9.95. The lowest BCUT2D eigenvalue weighted by Crippen LogP contribution is -2.28. The van der Waals surface area contributed by atoms with Crippen LogP contribution in [0.2, 0.25) is 10.0 Å². The minimum Gasteiger partial charge on any atom is -0.494 e. The Morgan fingerprint density at radius 1 is 0.933 bits per heavy atom. The molecular weight excluding hydrogens is 417 g/mol. The topological polar surface area (TPSA) is 74.4 Å². The van der Waals surface area contributed by atoms with Crippen molar-refractivity contribution in [1.82, 2.24) is 4.98 Å². The Balaban J connectivity index is 1.91. The predicted octanol–water partition coefficient (Wildman–Crippen LogP) is 6.54. The molecule has 0 unspecified atom stereocenters. The maximum atomic E-state index is 10.7. The van der Waals surface area contributed by atoms with E-state index in [-0.39, 0.29) is 5.88 Å². The van der Waals surface area contributed by atoms with Crippen LogP contribution in [0.25, 0.3) is 10.9 Å². The molecule has 0 radical (unpaired) electrons. The quantitative estimate of drug-likeness (QED) is 0.317. The summed E-state index contributed by atoms with van der Waals surface area (Å²) in [5, 5.41) is 12.8. The van der Waals surface area contributed by atoms with Gasteiger partial charge < -0.3 is 15.8 Å². The molecule has 0 aliphatic carbocycles. The number of nitrogens with zero attached hydrogens (tertiary/aromatic N) is 1. The third kappa shape index (κ3) is 4.08. The second-order valence-corrected chi connectivity index (χ2v) is 8.65. The van der Waals surface area contributed by atoms with Crippen molar-refractivity contribution in [1.29, 1.82) is 0 Å². The molecule has 0 atom stereocenters. The molecule has 4 aromatic rings. The molecule has 0 bridgehead atoms. The lowest BCUT2D eigenvalue weighted by molar-refractivity contribution is 0.457. The van der Waals surface area contributed by atoms with Crippen molar-refractivity contribution in [3.63, 3.8) is 0 Å². The van der Waals surface area contributed by atoms with Crippen molar-refractivity contribution in [3.8, 4) is 5.88 Å². The zero-order valence-electron chi connectivity index (χ0n) is 16.6. The molecule has 4 N–H and O–H groups in total. The van der Waals surface area contributed by atoms with Gasteiger partial charge in [0.05, 0.1) is 22.5 Å². The van der Waals surface area contributed by atoms with Crippen LogP contribution in [-0.4, -0.2) is 15.8 Å². The number of H-pyrrole nitrogens is 1. The zero-order valence-corrected chi connectivity index (χ0v) is 18.1. The first-order chi connectivity index (χ1) is 14.2. The van der Waals surface area contributed by atoms with Gasteiger partial charge >= 0.3 is 0 Å². The van der Waals surface area contributed by atoms with Crippen LogP contribution in [0.15, 0.2) is 71.7 Å². The first kappa shape index (κ1) is 20.5. The van der Waals surface area contributed by atoms with Crippen LogP contribution in [0.1, 0.15) is 30.5 Å². The maximum Gasteiger partial charge on any atom is 0.199 e. The number of hydrogen-bond acceptors (Lipinski definition) is 3. The summed E-state index contributed by atoms with van der Waals surface area (Å²) >= 11 is 12.2. The highest BCUT2D eigenvalue weighted by Gasteiger charge is 2.19. The van der Waals surface area contributed by atoms with E-state index >= 15 is 0 Å². The van der Waals surface area contributed by atoms with E-state index in [2.05, 4.69) is 4.98 Å². The van der Waals surface area contributed by atoms with Gasteiger partial charge in [-0.1, -0.05) is 53.5 Å². The molecule has 30 heavy (non-hydrogen) atoms. The fraction of sp³-hybridized carbons (Fsp3) is 0.125. The van der Waals surface area contributed by atoms with Gasteiger partial charge in [0.2, 0.25) is 0 Å². The number of aromatic hydroxyl groups is 1. The number of rotatable bonds is 4. The number of aliphatic imine (C=N–C) groups is 1. The van der Waals surface area contributed by atoms with Crippen LogP contribution in [0.4, 0.5) is 5.69 Å². The minimum atomic E-state index is -0.435. The SMILES string of the molecule is CC(C)(N)c1ccc(N=C(c2ccc(Cl)cc2)c2c(O)[nH]c3cc(Cl)ccc23)cc1. The standard InChI is InChI=1S/C24H21Cl2N3O/c1-24(2,27)15-5-10-18(11-6-15)28-22(14-3-7-16(25)8-4-14)21-19-12-9-17(26)13-20(19)29-23(21)30/h3-13,29-30H,27H2,1-2H3. The number of hydrogen-bond donors (Lipinski definition) is 3. The van der Waals surface area contributed by atoms with Gasteiger partial charge in [-0.3, -0.25) is 0 Å². The summed E-state index contributed by atoms with van der Waals surface area (Å²) < 4.78 is 0. The molecular formula is C24H21Cl2N3O. The molecule has 152 valence electrons. The Kier molecular flexibility index (Phi) is 5.33. The van der Waals surface area contributed by atoms with Crippen molar-refractivity contribution in [2.45, 2.75) is 19.4 Å². The normalized spacial score (nSPS) is 12.5. The molecule has 0 aliphatic rings. The number of benzene rings is 3. The maximum absolute atomic E-state index is 10.7. The third-order valence-corrected chi connectivity index (χ3v) is 5.43. The summed E-state index contributed by atoms with van der Waals surface area (Å²) in [5.41, 5.74) is 10.3. The van der Waals surface area contributed by atoms with Crippen molar-refractivity contribution in [2.24, 2.45) is 10.7 Å². The summed E-state index contributed by atoms with van der Waals surface area (Å²) in [5.74, 6) is 0.0284. The molecule has 1 heterocycles. The Hall–Kier alpha value is -2.79. The molecule has 0 saturated heterocycles. The van der Waals surface area contributed by atoms with Gasteiger partial charge in [0.15, 0.2) is 5.88 Å². The molecule has 4 nitrogen and oxygen atoms in total. The molecule has 1 aromatic heterocycles. The predicted molar refractivity (Wildman–Crippen MR) is 125 cm³/mol. The fourth-order valence-corrected chi connectivity index (χ4v) is 3.66. The molecule has 4 rings (SSSR count). The average Bonchev–Trinajstić information content (AvgIpc) is 3.01. The number of nitrogens with two attached hydrogens (primary N) is 1. The Morgan fingerprint density at radius 2 is 1.57 bits per heavy atom. The Bertz CT molecular complexity index is 1230. The van der Waals surface area contributed by atoms with E-state index in [1.165, 1.54) is 0 Å². The summed E-state index contributed by atoms with van der Waals surface area (Å²) in [6, 6.07) is 20.6. The van der Waals surface area contributed by atoms with E-state index in [0.29, 0.717) is 21.3 Å². The monoisotopic (exact) mass is 437 g/mol. The summed E-state index contributed by atoms with van der Waals surface area (Å²) in [6.45, 7) is 3.92. The first-order valence-corrected chi connectivity index (χ1v) is 10.2. The molecule has 0 amide bonds. The van der Waals surface area contributed by atoms with Crippen LogP contribution in [0.3, 0.4) is 0 Å². The van der Waals surface area contributed by atoms with E-state index < -0.39 is 5.54 Å². The fourth-order valence-electron chi connectivity index (χ4n) is 3.36. The molecule has 3 aromatic carbocycles. The van der Waals surface area contributed by atoms with Crippen molar-refractivity contribution in [2.75, 3.05) is 0 Å². The van der Waals surface area contributed by atoms with E-state index in [4.69, 9.17) is 33.9 Å². The number of halogens is 2. The van der Waals surface area contributed by atoms with Crippen LogP contribution >= 0.6 is 23.2 Å². The second kappa shape index (κ2) is 7.80. The van der Waals surface area contributed by atoms with Gasteiger partial charge in [-0.05, 0) is 55.8 Å². The van der Waals surface area contributed by atoms with E-state index in [0.717, 1.165) is 27.7 Å².